The van der Waals surface area contributed by atoms with E-state index in [-0.39, 0.29) is 5.57 Å². The van der Waals surface area contributed by atoms with Crippen molar-refractivity contribution < 1.29 is 19.0 Å². The monoisotopic (exact) mass is 604 g/mol. The number of rotatable bonds is 9. The minimum atomic E-state index is -0.503. The molecule has 0 bridgehead atoms. The number of ether oxygens (including phenoxy) is 3. The van der Waals surface area contributed by atoms with Gasteiger partial charge in [-0.3, -0.25) is 4.79 Å². The van der Waals surface area contributed by atoms with Crippen LogP contribution in [0.4, 0.5) is 5.69 Å². The number of hydrogen-bond donors (Lipinski definition) is 1. The fraction of sp³-hybridized carbons (Fsp3) is 0.133. The first-order chi connectivity index (χ1) is 18.0. The number of amides is 1. The highest BCUT2D eigenvalue weighted by molar-refractivity contribution is 14.1. The Morgan fingerprint density at radius 2 is 1.78 bits per heavy atom. The molecule has 37 heavy (non-hydrogen) atoms. The van der Waals surface area contributed by atoms with Crippen molar-refractivity contribution in [1.29, 1.82) is 5.26 Å². The van der Waals surface area contributed by atoms with Crippen LogP contribution < -0.4 is 19.5 Å². The Hall–Kier alpha value is -4.03. The van der Waals surface area contributed by atoms with E-state index in [1.54, 1.807) is 37.4 Å². The molecule has 6 nitrogen and oxygen atoms in total. The van der Waals surface area contributed by atoms with Gasteiger partial charge in [-0.25, -0.2) is 0 Å². The highest BCUT2D eigenvalue weighted by Gasteiger charge is 2.15. The molecule has 0 heterocycles. The maximum atomic E-state index is 12.7. The van der Waals surface area contributed by atoms with Crippen molar-refractivity contribution in [2.75, 3.05) is 19.0 Å². The minimum absolute atomic E-state index is 0.0292. The maximum absolute atomic E-state index is 12.7. The molecule has 0 unspecified atom stereocenters. The second kappa shape index (κ2) is 12.3. The predicted molar refractivity (Wildman–Crippen MR) is 154 cm³/mol. The van der Waals surface area contributed by atoms with Crippen molar-refractivity contribution in [3.05, 3.63) is 99.1 Å². The highest BCUT2D eigenvalue weighted by Crippen LogP contribution is 2.36. The summed E-state index contributed by atoms with van der Waals surface area (Å²) in [6.07, 6.45) is 1.54. The summed E-state index contributed by atoms with van der Waals surface area (Å²) in [6.45, 7) is 2.71. The van der Waals surface area contributed by atoms with Crippen LogP contribution in [0.25, 0.3) is 16.8 Å². The van der Waals surface area contributed by atoms with E-state index in [1.165, 1.54) is 6.08 Å². The zero-order valence-corrected chi connectivity index (χ0v) is 22.6. The van der Waals surface area contributed by atoms with Crippen molar-refractivity contribution in [2.45, 2.75) is 13.5 Å². The van der Waals surface area contributed by atoms with Crippen LogP contribution in [-0.4, -0.2) is 19.6 Å². The molecular formula is C30H25IN2O4. The number of benzene rings is 4. The molecule has 0 aromatic heterocycles. The van der Waals surface area contributed by atoms with Crippen LogP contribution in [0.3, 0.4) is 0 Å². The molecule has 0 atom stereocenters. The molecular weight excluding hydrogens is 579 g/mol. The summed E-state index contributed by atoms with van der Waals surface area (Å²) >= 11 is 2.18. The molecule has 186 valence electrons. The molecule has 0 saturated carbocycles. The fourth-order valence-corrected chi connectivity index (χ4v) is 4.61. The van der Waals surface area contributed by atoms with Crippen molar-refractivity contribution >= 4 is 51.0 Å². The molecule has 0 aliphatic heterocycles. The number of methoxy groups -OCH3 is 1. The number of carbonyl (C=O) groups excluding carboxylic acids is 1. The lowest BCUT2D eigenvalue weighted by molar-refractivity contribution is -0.112. The molecule has 0 aliphatic carbocycles. The van der Waals surface area contributed by atoms with E-state index in [0.717, 1.165) is 19.9 Å². The van der Waals surface area contributed by atoms with E-state index in [0.29, 0.717) is 41.7 Å². The third-order valence-electron chi connectivity index (χ3n) is 5.61. The van der Waals surface area contributed by atoms with Gasteiger partial charge in [-0.05, 0) is 93.9 Å². The van der Waals surface area contributed by atoms with Crippen LogP contribution >= 0.6 is 22.6 Å². The van der Waals surface area contributed by atoms with E-state index in [1.807, 2.05) is 43.3 Å². The molecule has 4 aromatic rings. The van der Waals surface area contributed by atoms with E-state index < -0.39 is 5.91 Å². The Bertz CT molecular complexity index is 1480. The van der Waals surface area contributed by atoms with Gasteiger partial charge in [0.1, 0.15) is 24.0 Å². The molecule has 0 aliphatic rings. The van der Waals surface area contributed by atoms with Gasteiger partial charge in [0, 0.05) is 5.69 Å². The normalized spacial score (nSPS) is 11.0. The summed E-state index contributed by atoms with van der Waals surface area (Å²) in [5.74, 6) is 1.34. The fourth-order valence-electron chi connectivity index (χ4n) is 3.83. The average molecular weight is 604 g/mol. The van der Waals surface area contributed by atoms with Gasteiger partial charge in [0.15, 0.2) is 11.5 Å². The number of fused-ring (bicyclic) bond motifs is 1. The van der Waals surface area contributed by atoms with Crippen molar-refractivity contribution in [3.63, 3.8) is 0 Å². The smallest absolute Gasteiger partial charge is 0.266 e. The number of nitrogens with one attached hydrogen (secondary N) is 1. The predicted octanol–water partition coefficient (Wildman–Crippen LogP) is 6.98. The Balaban J connectivity index is 1.57. The summed E-state index contributed by atoms with van der Waals surface area (Å²) in [5.41, 5.74) is 2.27. The minimum Gasteiger partial charge on any atom is -0.497 e. The summed E-state index contributed by atoms with van der Waals surface area (Å²) in [4.78, 5) is 12.7. The van der Waals surface area contributed by atoms with Crippen LogP contribution in [0.15, 0.2) is 84.4 Å². The Kier molecular flexibility index (Phi) is 8.64. The molecule has 4 aromatic carbocycles. The first-order valence-corrected chi connectivity index (χ1v) is 12.7. The molecule has 1 amide bonds. The second-order valence-corrected chi connectivity index (χ2v) is 9.20. The number of halogens is 1. The number of hydrogen-bond acceptors (Lipinski definition) is 5. The van der Waals surface area contributed by atoms with Gasteiger partial charge < -0.3 is 19.5 Å². The largest absolute Gasteiger partial charge is 0.497 e. The summed E-state index contributed by atoms with van der Waals surface area (Å²) in [6, 6.07) is 26.9. The number of anilines is 1. The number of nitriles is 1. The van der Waals surface area contributed by atoms with Gasteiger partial charge in [0.05, 0.1) is 17.3 Å². The van der Waals surface area contributed by atoms with Gasteiger partial charge in [0.2, 0.25) is 0 Å². The van der Waals surface area contributed by atoms with E-state index in [2.05, 4.69) is 46.1 Å². The SMILES string of the molecule is CCOc1cc(/C=C(/C#N)C(=O)Nc2ccc(OC)cc2)cc(I)c1OCc1cccc2ccccc12. The van der Waals surface area contributed by atoms with Crippen LogP contribution in [0.1, 0.15) is 18.1 Å². The summed E-state index contributed by atoms with van der Waals surface area (Å²) in [7, 11) is 1.57. The molecule has 1 N–H and O–H groups in total. The Morgan fingerprint density at radius 3 is 2.51 bits per heavy atom. The van der Waals surface area contributed by atoms with Crippen LogP contribution in [0.2, 0.25) is 0 Å². The highest BCUT2D eigenvalue weighted by atomic mass is 127. The van der Waals surface area contributed by atoms with Crippen LogP contribution in [0, 0.1) is 14.9 Å². The second-order valence-electron chi connectivity index (χ2n) is 8.04. The summed E-state index contributed by atoms with van der Waals surface area (Å²) in [5, 5.41) is 14.7. The molecule has 0 fully saturated rings. The van der Waals surface area contributed by atoms with Gasteiger partial charge >= 0.3 is 0 Å². The van der Waals surface area contributed by atoms with Crippen LogP contribution in [-0.2, 0) is 11.4 Å². The van der Waals surface area contributed by atoms with Crippen LogP contribution in [0.5, 0.6) is 17.2 Å². The average Bonchev–Trinajstić information content (AvgIpc) is 2.92. The molecule has 4 rings (SSSR count). The first-order valence-electron chi connectivity index (χ1n) is 11.7. The zero-order chi connectivity index (χ0) is 26.2. The maximum Gasteiger partial charge on any atom is 0.266 e. The van der Waals surface area contributed by atoms with Crippen molar-refractivity contribution in [3.8, 4) is 23.3 Å². The third-order valence-corrected chi connectivity index (χ3v) is 6.41. The van der Waals surface area contributed by atoms with Gasteiger partial charge in [0.25, 0.3) is 5.91 Å². The van der Waals surface area contributed by atoms with Gasteiger partial charge in [-0.1, -0.05) is 42.5 Å². The topological polar surface area (TPSA) is 80.6 Å². The summed E-state index contributed by atoms with van der Waals surface area (Å²) < 4.78 is 18.1. The first kappa shape index (κ1) is 26.0. The quantitative estimate of drug-likeness (QED) is 0.127. The van der Waals surface area contributed by atoms with E-state index in [9.17, 15) is 10.1 Å². The Morgan fingerprint density at radius 1 is 1.03 bits per heavy atom. The lowest BCUT2D eigenvalue weighted by Gasteiger charge is -2.16. The molecule has 7 heteroatoms. The van der Waals surface area contributed by atoms with Crippen molar-refractivity contribution in [2.24, 2.45) is 0 Å². The molecule has 0 spiro atoms. The van der Waals surface area contributed by atoms with E-state index in [4.69, 9.17) is 14.2 Å². The number of nitrogens with zero attached hydrogens (tertiary/aromatic N) is 1. The lowest BCUT2D eigenvalue weighted by atomic mass is 10.1. The Labute approximate surface area is 229 Å². The standard InChI is InChI=1S/C30H25IN2O4/c1-3-36-28-17-20(15-23(18-32)30(34)33-24-11-13-25(35-2)14-12-24)16-27(31)29(28)37-19-22-9-6-8-21-7-4-5-10-26(21)22/h4-17H,3,19H2,1-2H3,(H,33,34)/b23-15-. The third kappa shape index (κ3) is 6.40. The van der Waals surface area contributed by atoms with Gasteiger partial charge in [-0.2, -0.15) is 5.26 Å². The zero-order valence-electron chi connectivity index (χ0n) is 20.5. The van der Waals surface area contributed by atoms with Crippen molar-refractivity contribution in [1.82, 2.24) is 0 Å². The van der Waals surface area contributed by atoms with E-state index >= 15 is 0 Å². The van der Waals surface area contributed by atoms with Gasteiger partial charge in [-0.15, -0.1) is 0 Å². The lowest BCUT2D eigenvalue weighted by Crippen LogP contribution is -2.13. The number of carbonyl (C=O) groups is 1. The molecule has 0 radical (unpaired) electrons. The molecule has 0 saturated heterocycles.